The summed E-state index contributed by atoms with van der Waals surface area (Å²) in [6, 6.07) is 1.93. The summed E-state index contributed by atoms with van der Waals surface area (Å²) >= 11 is 1.12. The zero-order valence-electron chi connectivity index (χ0n) is 9.97. The van der Waals surface area contributed by atoms with E-state index < -0.39 is 22.2 Å². The number of nitro groups is 1. The van der Waals surface area contributed by atoms with Gasteiger partial charge in [-0.1, -0.05) is 23.6 Å². The Labute approximate surface area is 113 Å². The molecule has 19 heavy (non-hydrogen) atoms. The van der Waals surface area contributed by atoms with E-state index in [1.807, 2.05) is 0 Å². The van der Waals surface area contributed by atoms with Crippen LogP contribution in [0, 0.1) is 27.8 Å². The Morgan fingerprint density at radius 1 is 1.58 bits per heavy atom. The summed E-state index contributed by atoms with van der Waals surface area (Å²) in [5, 5.41) is 19.7. The zero-order valence-corrected chi connectivity index (χ0v) is 10.8. The first-order valence-corrected chi connectivity index (χ1v) is 6.19. The van der Waals surface area contributed by atoms with Gasteiger partial charge in [-0.2, -0.15) is 0 Å². The quantitative estimate of drug-likeness (QED) is 0.399. The second-order valence-electron chi connectivity index (χ2n) is 3.47. The Morgan fingerprint density at radius 2 is 2.26 bits per heavy atom. The number of aromatic hydroxyl groups is 1. The molecule has 1 aromatic rings. The average Bonchev–Trinajstić information content (AvgIpc) is 2.32. The molecule has 1 N–H and O–H groups in total. The van der Waals surface area contributed by atoms with Crippen molar-refractivity contribution in [1.82, 2.24) is 0 Å². The van der Waals surface area contributed by atoms with Crippen LogP contribution in [0.5, 0.6) is 5.75 Å². The molecule has 5 nitrogen and oxygen atoms in total. The Balaban J connectivity index is 2.82. The fourth-order valence-electron chi connectivity index (χ4n) is 1.21. The van der Waals surface area contributed by atoms with Gasteiger partial charge in [0.15, 0.2) is 10.9 Å². The number of benzene rings is 1. The minimum atomic E-state index is -1.09. The SMILES string of the molecule is CC(=O)SCCC#Cc1cc(F)c(O)c([N+](=O)[O-])c1. The summed E-state index contributed by atoms with van der Waals surface area (Å²) in [4.78, 5) is 20.3. The number of nitrogens with zero attached hydrogens (tertiary/aromatic N) is 1. The minimum absolute atomic E-state index is 0.0203. The Hall–Kier alpha value is -2.07. The highest BCUT2D eigenvalue weighted by Gasteiger charge is 2.18. The van der Waals surface area contributed by atoms with Gasteiger partial charge >= 0.3 is 5.69 Å². The number of nitro benzene ring substituents is 1. The van der Waals surface area contributed by atoms with Crippen LogP contribution in [-0.2, 0) is 4.79 Å². The summed E-state index contributed by atoms with van der Waals surface area (Å²) < 4.78 is 13.2. The predicted molar refractivity (Wildman–Crippen MR) is 69.4 cm³/mol. The van der Waals surface area contributed by atoms with Gasteiger partial charge in [0.25, 0.3) is 0 Å². The zero-order chi connectivity index (χ0) is 14.4. The number of carbonyl (C=O) groups excluding carboxylic acids is 1. The number of halogens is 1. The first-order chi connectivity index (χ1) is 8.91. The number of hydrogen-bond donors (Lipinski definition) is 1. The fraction of sp³-hybridized carbons (Fsp3) is 0.250. The molecule has 0 saturated carbocycles. The van der Waals surface area contributed by atoms with Crippen molar-refractivity contribution in [2.24, 2.45) is 0 Å². The second-order valence-corrected chi connectivity index (χ2v) is 4.75. The standard InChI is InChI=1S/C12H10FNO4S/c1-8(15)19-5-3-2-4-9-6-10(13)12(16)11(7-9)14(17)18/h6-7,16H,3,5H2,1H3. The lowest BCUT2D eigenvalue weighted by Crippen LogP contribution is -1.92. The van der Waals surface area contributed by atoms with E-state index in [-0.39, 0.29) is 10.7 Å². The largest absolute Gasteiger partial charge is 0.500 e. The molecule has 1 rings (SSSR count). The molecule has 0 unspecified atom stereocenters. The van der Waals surface area contributed by atoms with E-state index in [0.717, 1.165) is 23.9 Å². The number of hydrogen-bond acceptors (Lipinski definition) is 5. The first kappa shape index (κ1) is 15.0. The van der Waals surface area contributed by atoms with Gasteiger partial charge in [-0.3, -0.25) is 14.9 Å². The molecule has 1 aromatic carbocycles. The van der Waals surface area contributed by atoms with Crippen LogP contribution < -0.4 is 0 Å². The molecule has 7 heteroatoms. The van der Waals surface area contributed by atoms with Crippen LogP contribution in [-0.4, -0.2) is 20.9 Å². The highest BCUT2D eigenvalue weighted by atomic mass is 32.2. The highest BCUT2D eigenvalue weighted by Crippen LogP contribution is 2.29. The molecular weight excluding hydrogens is 273 g/mol. The lowest BCUT2D eigenvalue weighted by Gasteiger charge is -1.98. The number of thioether (sulfide) groups is 1. The number of phenolic OH excluding ortho intramolecular Hbond substituents is 1. The lowest BCUT2D eigenvalue weighted by molar-refractivity contribution is -0.386. The van der Waals surface area contributed by atoms with Gasteiger partial charge in [0.1, 0.15) is 0 Å². The van der Waals surface area contributed by atoms with Gasteiger partial charge < -0.3 is 5.11 Å². The molecule has 0 spiro atoms. The smallest absolute Gasteiger partial charge is 0.315 e. The first-order valence-electron chi connectivity index (χ1n) is 5.21. The maximum atomic E-state index is 13.2. The van der Waals surface area contributed by atoms with E-state index in [2.05, 4.69) is 11.8 Å². The molecule has 0 fully saturated rings. The molecule has 0 saturated heterocycles. The van der Waals surface area contributed by atoms with Crippen molar-refractivity contribution in [3.05, 3.63) is 33.6 Å². The lowest BCUT2D eigenvalue weighted by atomic mass is 10.2. The van der Waals surface area contributed by atoms with E-state index in [1.54, 1.807) is 0 Å². The van der Waals surface area contributed by atoms with E-state index in [9.17, 15) is 19.3 Å². The molecule has 0 radical (unpaired) electrons. The molecule has 0 aliphatic heterocycles. The van der Waals surface area contributed by atoms with Crippen LogP contribution >= 0.6 is 11.8 Å². The van der Waals surface area contributed by atoms with Crippen LogP contribution in [0.4, 0.5) is 10.1 Å². The maximum absolute atomic E-state index is 13.2. The van der Waals surface area contributed by atoms with Crippen molar-refractivity contribution in [3.8, 4) is 17.6 Å². The van der Waals surface area contributed by atoms with Crippen molar-refractivity contribution in [1.29, 1.82) is 0 Å². The van der Waals surface area contributed by atoms with E-state index in [0.29, 0.717) is 12.2 Å². The van der Waals surface area contributed by atoms with Crippen molar-refractivity contribution in [3.63, 3.8) is 0 Å². The van der Waals surface area contributed by atoms with Crippen LogP contribution in [0.2, 0.25) is 0 Å². The molecular formula is C12H10FNO4S. The van der Waals surface area contributed by atoms with Crippen LogP contribution in [0.15, 0.2) is 12.1 Å². The Morgan fingerprint density at radius 3 is 2.84 bits per heavy atom. The van der Waals surface area contributed by atoms with Gasteiger partial charge in [-0.25, -0.2) is 4.39 Å². The number of carbonyl (C=O) groups is 1. The minimum Gasteiger partial charge on any atom is -0.500 e. The van der Waals surface area contributed by atoms with Crippen molar-refractivity contribution >= 4 is 22.6 Å². The second kappa shape index (κ2) is 6.75. The van der Waals surface area contributed by atoms with Gasteiger partial charge in [-0.15, -0.1) is 0 Å². The monoisotopic (exact) mass is 283 g/mol. The van der Waals surface area contributed by atoms with E-state index in [4.69, 9.17) is 5.11 Å². The molecule has 0 aromatic heterocycles. The summed E-state index contributed by atoms with van der Waals surface area (Å²) in [6.07, 6.45) is 0.403. The van der Waals surface area contributed by atoms with Crippen molar-refractivity contribution < 1.29 is 19.2 Å². The highest BCUT2D eigenvalue weighted by molar-refractivity contribution is 8.13. The van der Waals surface area contributed by atoms with Crippen LogP contribution in [0.1, 0.15) is 18.9 Å². The van der Waals surface area contributed by atoms with Crippen molar-refractivity contribution in [2.45, 2.75) is 13.3 Å². The molecule has 0 aliphatic carbocycles. The summed E-state index contributed by atoms with van der Waals surface area (Å²) in [6.45, 7) is 1.44. The van der Waals surface area contributed by atoms with Gasteiger partial charge in [0.05, 0.1) is 4.92 Å². The van der Waals surface area contributed by atoms with Crippen LogP contribution in [0.3, 0.4) is 0 Å². The van der Waals surface area contributed by atoms with E-state index in [1.165, 1.54) is 6.92 Å². The van der Waals surface area contributed by atoms with Gasteiger partial charge in [0, 0.05) is 30.7 Å². The average molecular weight is 283 g/mol. The summed E-state index contributed by atoms with van der Waals surface area (Å²) in [5.74, 6) is 3.65. The Bertz CT molecular complexity index is 577. The molecule has 0 bridgehead atoms. The number of rotatable bonds is 3. The van der Waals surface area contributed by atoms with Crippen LogP contribution in [0.25, 0.3) is 0 Å². The number of phenols is 1. The van der Waals surface area contributed by atoms with Crippen molar-refractivity contribution in [2.75, 3.05) is 5.75 Å². The predicted octanol–water partition coefficient (Wildman–Crippen LogP) is 2.46. The summed E-state index contributed by atoms with van der Waals surface area (Å²) in [5.41, 5.74) is -0.614. The maximum Gasteiger partial charge on any atom is 0.315 e. The third-order valence-electron chi connectivity index (χ3n) is 2.01. The van der Waals surface area contributed by atoms with Gasteiger partial charge in [0.2, 0.25) is 5.75 Å². The summed E-state index contributed by atoms with van der Waals surface area (Å²) in [7, 11) is 0. The normalized spacial score (nSPS) is 9.58. The topological polar surface area (TPSA) is 80.4 Å². The fourth-order valence-corrected chi connectivity index (χ4v) is 1.70. The molecule has 0 aliphatic rings. The molecule has 100 valence electrons. The van der Waals surface area contributed by atoms with E-state index >= 15 is 0 Å². The molecule has 0 amide bonds. The third kappa shape index (κ3) is 4.60. The third-order valence-corrected chi connectivity index (χ3v) is 2.82. The Kier molecular flexibility index (Phi) is 5.33. The van der Waals surface area contributed by atoms with Gasteiger partial charge in [-0.05, 0) is 6.07 Å². The molecule has 0 heterocycles. The molecule has 0 atom stereocenters.